The van der Waals surface area contributed by atoms with E-state index in [1.54, 1.807) is 0 Å². The Balaban J connectivity index is 1.50. The van der Waals surface area contributed by atoms with Gasteiger partial charge in [0.15, 0.2) is 5.96 Å². The maximum absolute atomic E-state index is 4.91. The van der Waals surface area contributed by atoms with E-state index in [0.29, 0.717) is 12.1 Å². The van der Waals surface area contributed by atoms with Crippen molar-refractivity contribution in [3.05, 3.63) is 30.3 Å². The smallest absolute Gasteiger partial charge is 0.191 e. The quantitative estimate of drug-likeness (QED) is 0.605. The Kier molecular flexibility index (Phi) is 7.35. The summed E-state index contributed by atoms with van der Waals surface area (Å²) < 4.78 is 0. The van der Waals surface area contributed by atoms with Crippen LogP contribution in [0, 0.1) is 0 Å². The van der Waals surface area contributed by atoms with Crippen molar-refractivity contribution in [1.82, 2.24) is 20.4 Å². The van der Waals surface area contributed by atoms with Crippen molar-refractivity contribution in [2.75, 3.05) is 64.8 Å². The molecule has 0 radical (unpaired) electrons. The van der Waals surface area contributed by atoms with Crippen molar-refractivity contribution in [1.29, 1.82) is 0 Å². The number of anilines is 1. The van der Waals surface area contributed by atoms with Gasteiger partial charge in [-0.25, -0.2) is 0 Å². The van der Waals surface area contributed by atoms with Crippen molar-refractivity contribution < 1.29 is 0 Å². The summed E-state index contributed by atoms with van der Waals surface area (Å²) in [6.45, 7) is 9.43. The number of likely N-dealkylation sites (N-methyl/N-ethyl adjacent to an activating group) is 2. The molecule has 2 N–H and O–H groups in total. The molecule has 2 fully saturated rings. The van der Waals surface area contributed by atoms with Crippen LogP contribution in [0.3, 0.4) is 0 Å². The van der Waals surface area contributed by atoms with Crippen LogP contribution < -0.4 is 15.5 Å². The molecule has 0 bridgehead atoms. The van der Waals surface area contributed by atoms with E-state index in [2.05, 4.69) is 76.7 Å². The molecule has 6 nitrogen and oxygen atoms in total. The Bertz CT molecular complexity index is 582. The molecule has 2 aliphatic heterocycles. The maximum Gasteiger partial charge on any atom is 0.191 e. The molecule has 1 atom stereocenters. The van der Waals surface area contributed by atoms with Crippen LogP contribution in [0.1, 0.15) is 19.8 Å². The highest BCUT2D eigenvalue weighted by Crippen LogP contribution is 2.19. The molecule has 2 saturated heterocycles. The fourth-order valence-corrected chi connectivity index (χ4v) is 3.93. The van der Waals surface area contributed by atoms with Gasteiger partial charge in [0.25, 0.3) is 0 Å². The zero-order valence-corrected chi connectivity index (χ0v) is 17.2. The Morgan fingerprint density at radius 1 is 1.07 bits per heavy atom. The molecule has 2 aliphatic rings. The number of para-hydroxylation sites is 1. The summed E-state index contributed by atoms with van der Waals surface area (Å²) >= 11 is 0. The molecule has 0 spiro atoms. The monoisotopic (exact) mass is 372 g/mol. The Hall–Kier alpha value is -1.79. The number of nitrogens with one attached hydrogen (secondary N) is 2. The van der Waals surface area contributed by atoms with E-state index in [1.807, 2.05) is 0 Å². The van der Waals surface area contributed by atoms with E-state index in [4.69, 9.17) is 4.99 Å². The predicted molar refractivity (Wildman–Crippen MR) is 115 cm³/mol. The first-order valence-electron chi connectivity index (χ1n) is 10.4. The van der Waals surface area contributed by atoms with E-state index in [9.17, 15) is 0 Å². The van der Waals surface area contributed by atoms with Crippen molar-refractivity contribution in [3.63, 3.8) is 0 Å². The van der Waals surface area contributed by atoms with Crippen LogP contribution in [-0.2, 0) is 0 Å². The SMILES string of the molecule is CCNC(=NCC1CN(C)CCN1C)NC1CCN(c2ccccc2)CC1. The van der Waals surface area contributed by atoms with Gasteiger partial charge in [0, 0.05) is 57.0 Å². The van der Waals surface area contributed by atoms with E-state index in [-0.39, 0.29) is 0 Å². The topological polar surface area (TPSA) is 46.1 Å². The first kappa shape index (κ1) is 20.0. The molecule has 1 unspecified atom stereocenters. The third kappa shape index (κ3) is 5.84. The summed E-state index contributed by atoms with van der Waals surface area (Å²) in [5.41, 5.74) is 1.33. The number of guanidine groups is 1. The first-order valence-corrected chi connectivity index (χ1v) is 10.4. The van der Waals surface area contributed by atoms with Crippen molar-refractivity contribution in [3.8, 4) is 0 Å². The van der Waals surface area contributed by atoms with Gasteiger partial charge in [-0.3, -0.25) is 9.89 Å². The highest BCUT2D eigenvalue weighted by Gasteiger charge is 2.23. The van der Waals surface area contributed by atoms with Crippen molar-refractivity contribution in [2.45, 2.75) is 31.8 Å². The largest absolute Gasteiger partial charge is 0.371 e. The third-order valence-electron chi connectivity index (χ3n) is 5.74. The van der Waals surface area contributed by atoms with Gasteiger partial charge < -0.3 is 20.4 Å². The van der Waals surface area contributed by atoms with Crippen LogP contribution in [0.25, 0.3) is 0 Å². The van der Waals surface area contributed by atoms with Crippen LogP contribution in [0.5, 0.6) is 0 Å². The first-order chi connectivity index (χ1) is 13.2. The molecule has 0 amide bonds. The molecule has 27 heavy (non-hydrogen) atoms. The number of piperazine rings is 1. The number of rotatable bonds is 5. The molecule has 0 aliphatic carbocycles. The predicted octanol–water partition coefficient (Wildman–Crippen LogP) is 1.46. The fraction of sp³-hybridized carbons (Fsp3) is 0.667. The molecule has 6 heteroatoms. The summed E-state index contributed by atoms with van der Waals surface area (Å²) in [6, 6.07) is 11.7. The summed E-state index contributed by atoms with van der Waals surface area (Å²) in [4.78, 5) is 12.2. The van der Waals surface area contributed by atoms with Gasteiger partial charge in [0.1, 0.15) is 0 Å². The fourth-order valence-electron chi connectivity index (χ4n) is 3.93. The van der Waals surface area contributed by atoms with Gasteiger partial charge in [-0.1, -0.05) is 18.2 Å². The van der Waals surface area contributed by atoms with Gasteiger partial charge in [0.2, 0.25) is 0 Å². The lowest BCUT2D eigenvalue weighted by molar-refractivity contribution is 0.119. The molecule has 150 valence electrons. The lowest BCUT2D eigenvalue weighted by atomic mass is 10.0. The Morgan fingerprint density at radius 2 is 1.81 bits per heavy atom. The van der Waals surface area contributed by atoms with Crippen LogP contribution in [-0.4, -0.2) is 87.8 Å². The summed E-state index contributed by atoms with van der Waals surface area (Å²) in [5, 5.41) is 7.11. The van der Waals surface area contributed by atoms with Gasteiger partial charge in [-0.2, -0.15) is 0 Å². The van der Waals surface area contributed by atoms with E-state index < -0.39 is 0 Å². The molecule has 2 heterocycles. The molecule has 0 aromatic heterocycles. The number of piperidine rings is 1. The zero-order chi connectivity index (χ0) is 19.1. The van der Waals surface area contributed by atoms with Crippen LogP contribution in [0.2, 0.25) is 0 Å². The number of hydrogen-bond acceptors (Lipinski definition) is 4. The molecule has 0 saturated carbocycles. The highest BCUT2D eigenvalue weighted by atomic mass is 15.3. The van der Waals surface area contributed by atoms with Crippen molar-refractivity contribution in [2.24, 2.45) is 4.99 Å². The maximum atomic E-state index is 4.91. The number of hydrogen-bond donors (Lipinski definition) is 2. The molecule has 3 rings (SSSR count). The second-order valence-corrected chi connectivity index (χ2v) is 7.86. The van der Waals surface area contributed by atoms with E-state index >= 15 is 0 Å². The number of nitrogens with zero attached hydrogens (tertiary/aromatic N) is 4. The summed E-state index contributed by atoms with van der Waals surface area (Å²) in [7, 11) is 4.42. The average molecular weight is 373 g/mol. The Labute approximate surface area is 164 Å². The zero-order valence-electron chi connectivity index (χ0n) is 17.2. The molecular formula is C21H36N6. The number of benzene rings is 1. The van der Waals surface area contributed by atoms with E-state index in [0.717, 1.165) is 64.6 Å². The van der Waals surface area contributed by atoms with Gasteiger partial charge in [-0.05, 0) is 46.0 Å². The standard InChI is InChI=1S/C21H36N6/c1-4-22-21(23-16-20-17-25(2)14-15-26(20)3)24-18-10-12-27(13-11-18)19-8-6-5-7-9-19/h5-9,18,20H,4,10-17H2,1-3H3,(H2,22,23,24). The van der Waals surface area contributed by atoms with Gasteiger partial charge in [-0.15, -0.1) is 0 Å². The Morgan fingerprint density at radius 3 is 2.52 bits per heavy atom. The summed E-state index contributed by atoms with van der Waals surface area (Å²) in [5.74, 6) is 0.970. The average Bonchev–Trinajstić information content (AvgIpc) is 2.70. The molecule has 1 aromatic rings. The normalized spacial score (nSPS) is 23.4. The molecular weight excluding hydrogens is 336 g/mol. The minimum Gasteiger partial charge on any atom is -0.371 e. The highest BCUT2D eigenvalue weighted by molar-refractivity contribution is 5.80. The molecule has 1 aromatic carbocycles. The van der Waals surface area contributed by atoms with Crippen molar-refractivity contribution >= 4 is 11.6 Å². The minimum absolute atomic E-state index is 0.495. The second-order valence-electron chi connectivity index (χ2n) is 7.86. The van der Waals surface area contributed by atoms with E-state index in [1.165, 1.54) is 5.69 Å². The number of aliphatic imine (C=N–C) groups is 1. The van der Waals surface area contributed by atoms with Gasteiger partial charge in [0.05, 0.1) is 6.54 Å². The van der Waals surface area contributed by atoms with Crippen LogP contribution in [0.15, 0.2) is 35.3 Å². The second kappa shape index (κ2) is 9.95. The minimum atomic E-state index is 0.495. The van der Waals surface area contributed by atoms with Gasteiger partial charge >= 0.3 is 0 Å². The van der Waals surface area contributed by atoms with Crippen LogP contribution >= 0.6 is 0 Å². The third-order valence-corrected chi connectivity index (χ3v) is 5.74. The van der Waals surface area contributed by atoms with Crippen LogP contribution in [0.4, 0.5) is 5.69 Å². The lowest BCUT2D eigenvalue weighted by Gasteiger charge is -2.37. The summed E-state index contributed by atoms with van der Waals surface area (Å²) in [6.07, 6.45) is 2.29. The lowest BCUT2D eigenvalue weighted by Crippen LogP contribution is -2.52.